The van der Waals surface area contributed by atoms with Gasteiger partial charge in [-0.25, -0.2) is 0 Å². The van der Waals surface area contributed by atoms with Gasteiger partial charge in [0.2, 0.25) is 0 Å². The van der Waals surface area contributed by atoms with Crippen LogP contribution in [0.2, 0.25) is 5.02 Å². The summed E-state index contributed by atoms with van der Waals surface area (Å²) in [7, 11) is 0. The van der Waals surface area contributed by atoms with Gasteiger partial charge in [0, 0.05) is 16.0 Å². The van der Waals surface area contributed by atoms with Crippen molar-refractivity contribution in [3.8, 4) is 0 Å². The molecule has 98 valence electrons. The first-order valence-corrected chi connectivity index (χ1v) is 7.22. The largest absolute Gasteiger partial charge is 0.322 e. The maximum absolute atomic E-state index is 12.1. The van der Waals surface area contributed by atoms with Gasteiger partial charge in [0.25, 0.3) is 5.91 Å². The molecular weight excluding hydrogens is 349 g/mol. The third-order valence-corrected chi connectivity index (χ3v) is 3.66. The van der Waals surface area contributed by atoms with Crippen LogP contribution in [0.25, 0.3) is 0 Å². The van der Waals surface area contributed by atoms with Gasteiger partial charge in [-0.2, -0.15) is 0 Å². The zero-order valence-corrected chi connectivity index (χ0v) is 12.9. The summed E-state index contributed by atoms with van der Waals surface area (Å²) in [6, 6.07) is 12.5. The van der Waals surface area contributed by atoms with Crippen molar-refractivity contribution in [3.63, 3.8) is 0 Å². The summed E-state index contributed by atoms with van der Waals surface area (Å²) in [4.78, 5) is 12.1. The highest BCUT2D eigenvalue weighted by molar-refractivity contribution is 9.10. The minimum absolute atomic E-state index is 0.240. The molecular formula is C14H10BrCl2NO. The molecule has 0 aliphatic carbocycles. The Balaban J connectivity index is 2.15. The van der Waals surface area contributed by atoms with E-state index in [1.807, 2.05) is 24.3 Å². The summed E-state index contributed by atoms with van der Waals surface area (Å²) in [5.74, 6) is 0.211. The first-order valence-electron chi connectivity index (χ1n) is 5.51. The molecule has 0 atom stereocenters. The predicted octanol–water partition coefficient (Wildman–Crippen LogP) is 5.09. The van der Waals surface area contributed by atoms with Gasteiger partial charge in [-0.3, -0.25) is 4.79 Å². The van der Waals surface area contributed by atoms with E-state index in [-0.39, 0.29) is 5.91 Å². The topological polar surface area (TPSA) is 29.1 Å². The fourth-order valence-electron chi connectivity index (χ4n) is 1.55. The van der Waals surface area contributed by atoms with Gasteiger partial charge in [0.15, 0.2) is 0 Å². The minimum atomic E-state index is -0.240. The number of hydrogen-bond acceptors (Lipinski definition) is 1. The number of hydrogen-bond donors (Lipinski definition) is 1. The highest BCUT2D eigenvalue weighted by atomic mass is 79.9. The molecule has 0 bridgehead atoms. The average molecular weight is 359 g/mol. The number of halogens is 3. The zero-order valence-electron chi connectivity index (χ0n) is 9.79. The van der Waals surface area contributed by atoms with Crippen molar-refractivity contribution in [2.75, 3.05) is 5.32 Å². The number of nitrogens with one attached hydrogen (secondary N) is 1. The molecule has 0 radical (unpaired) electrons. The van der Waals surface area contributed by atoms with Crippen LogP contribution < -0.4 is 5.32 Å². The molecule has 0 aromatic heterocycles. The van der Waals surface area contributed by atoms with Crippen LogP contribution in [0.15, 0.2) is 46.9 Å². The van der Waals surface area contributed by atoms with Gasteiger partial charge in [0.1, 0.15) is 0 Å². The third kappa shape index (κ3) is 3.72. The highest BCUT2D eigenvalue weighted by Gasteiger charge is 2.10. The molecule has 0 heterocycles. The van der Waals surface area contributed by atoms with Crippen LogP contribution in [0.3, 0.4) is 0 Å². The fraction of sp³-hybridized carbons (Fsp3) is 0.0714. The van der Waals surface area contributed by atoms with Crippen LogP contribution in [0.1, 0.15) is 15.9 Å². The number of carbonyl (C=O) groups is 1. The van der Waals surface area contributed by atoms with Crippen molar-refractivity contribution >= 4 is 50.7 Å². The monoisotopic (exact) mass is 357 g/mol. The van der Waals surface area contributed by atoms with Gasteiger partial charge in [0.05, 0.1) is 10.6 Å². The third-order valence-electron chi connectivity index (χ3n) is 2.54. The summed E-state index contributed by atoms with van der Waals surface area (Å²) < 4.78 is 0.834. The normalized spacial score (nSPS) is 10.3. The number of alkyl halides is 1. The van der Waals surface area contributed by atoms with Crippen LogP contribution in [-0.4, -0.2) is 5.91 Å². The number of carbonyl (C=O) groups excluding carboxylic acids is 1. The van der Waals surface area contributed by atoms with E-state index in [0.717, 1.165) is 10.0 Å². The Bertz CT molecular complexity index is 599. The molecule has 1 N–H and O–H groups in total. The number of rotatable bonds is 3. The van der Waals surface area contributed by atoms with E-state index in [9.17, 15) is 4.79 Å². The SMILES string of the molecule is O=C(Nc1ccc(CCl)cc1)c1ccc(Br)cc1Cl. The molecule has 2 rings (SSSR count). The standard InChI is InChI=1S/C14H10BrCl2NO/c15-10-3-6-12(13(17)7-10)14(19)18-11-4-1-9(8-16)2-5-11/h1-7H,8H2,(H,18,19). The molecule has 0 spiro atoms. The summed E-state index contributed by atoms with van der Waals surface area (Å²) >= 11 is 15.0. The van der Waals surface area contributed by atoms with Crippen LogP contribution in [0, 0.1) is 0 Å². The maximum atomic E-state index is 12.1. The molecule has 0 unspecified atom stereocenters. The van der Waals surface area contributed by atoms with Crippen LogP contribution >= 0.6 is 39.1 Å². The maximum Gasteiger partial charge on any atom is 0.257 e. The first-order chi connectivity index (χ1) is 9.10. The molecule has 0 saturated heterocycles. The summed E-state index contributed by atoms with van der Waals surface area (Å²) in [6.45, 7) is 0. The lowest BCUT2D eigenvalue weighted by molar-refractivity contribution is 0.102. The summed E-state index contributed by atoms with van der Waals surface area (Å²) in [5.41, 5.74) is 2.14. The van der Waals surface area contributed by atoms with Gasteiger partial charge in [-0.1, -0.05) is 39.7 Å². The lowest BCUT2D eigenvalue weighted by Gasteiger charge is -2.07. The predicted molar refractivity (Wildman–Crippen MR) is 83.1 cm³/mol. The second-order valence-electron chi connectivity index (χ2n) is 3.91. The minimum Gasteiger partial charge on any atom is -0.322 e. The Labute approximate surface area is 129 Å². The Morgan fingerprint density at radius 3 is 2.42 bits per heavy atom. The van der Waals surface area contributed by atoms with Crippen molar-refractivity contribution in [2.45, 2.75) is 5.88 Å². The Hall–Kier alpha value is -1.03. The van der Waals surface area contributed by atoms with Crippen LogP contribution in [0.4, 0.5) is 5.69 Å². The van der Waals surface area contributed by atoms with E-state index in [0.29, 0.717) is 22.2 Å². The van der Waals surface area contributed by atoms with Crippen LogP contribution in [-0.2, 0) is 5.88 Å². The van der Waals surface area contributed by atoms with Crippen LogP contribution in [0.5, 0.6) is 0 Å². The molecule has 2 nitrogen and oxygen atoms in total. The molecule has 0 aliphatic heterocycles. The first kappa shape index (κ1) is 14.4. The molecule has 2 aromatic rings. The van der Waals surface area contributed by atoms with Gasteiger partial charge >= 0.3 is 0 Å². The number of benzene rings is 2. The highest BCUT2D eigenvalue weighted by Crippen LogP contribution is 2.22. The van der Waals surface area contributed by atoms with E-state index < -0.39 is 0 Å². The number of amides is 1. The molecule has 5 heteroatoms. The molecule has 1 amide bonds. The van der Waals surface area contributed by atoms with Crippen molar-refractivity contribution in [3.05, 3.63) is 63.1 Å². The van der Waals surface area contributed by atoms with E-state index in [1.165, 1.54) is 0 Å². The van der Waals surface area contributed by atoms with Gasteiger partial charge in [-0.15, -0.1) is 11.6 Å². The molecule has 0 aliphatic rings. The molecule has 0 fully saturated rings. The van der Waals surface area contributed by atoms with Crippen molar-refractivity contribution in [1.29, 1.82) is 0 Å². The van der Waals surface area contributed by atoms with Crippen molar-refractivity contribution in [1.82, 2.24) is 0 Å². The van der Waals surface area contributed by atoms with Crippen molar-refractivity contribution in [2.24, 2.45) is 0 Å². The van der Waals surface area contributed by atoms with Gasteiger partial charge in [-0.05, 0) is 35.9 Å². The lowest BCUT2D eigenvalue weighted by atomic mass is 10.2. The number of anilines is 1. The summed E-state index contributed by atoms with van der Waals surface area (Å²) in [6.07, 6.45) is 0. The van der Waals surface area contributed by atoms with E-state index in [1.54, 1.807) is 18.2 Å². The quantitative estimate of drug-likeness (QED) is 0.760. The summed E-state index contributed by atoms with van der Waals surface area (Å²) in [5, 5.41) is 3.19. The molecule has 19 heavy (non-hydrogen) atoms. The zero-order chi connectivity index (χ0) is 13.8. The second-order valence-corrected chi connectivity index (χ2v) is 5.50. The van der Waals surface area contributed by atoms with E-state index in [2.05, 4.69) is 21.2 Å². The Kier molecular flexibility index (Phi) is 4.86. The Morgan fingerprint density at radius 1 is 1.16 bits per heavy atom. The average Bonchev–Trinajstić information content (AvgIpc) is 2.39. The molecule has 2 aromatic carbocycles. The van der Waals surface area contributed by atoms with Crippen molar-refractivity contribution < 1.29 is 4.79 Å². The van der Waals surface area contributed by atoms with Gasteiger partial charge < -0.3 is 5.32 Å². The second kappa shape index (κ2) is 6.42. The Morgan fingerprint density at radius 2 is 1.84 bits per heavy atom. The lowest BCUT2D eigenvalue weighted by Crippen LogP contribution is -2.12. The smallest absolute Gasteiger partial charge is 0.257 e. The van der Waals surface area contributed by atoms with E-state index >= 15 is 0 Å². The molecule has 0 saturated carbocycles. The fourth-order valence-corrected chi connectivity index (χ4v) is 2.49. The van der Waals surface area contributed by atoms with E-state index in [4.69, 9.17) is 23.2 Å².